The summed E-state index contributed by atoms with van der Waals surface area (Å²) in [6.45, 7) is 5.53. The molecule has 1 fully saturated rings. The molecule has 3 aliphatic heterocycles. The smallest absolute Gasteiger partial charge is 0.291 e. The molecule has 0 radical (unpaired) electrons. The number of rotatable bonds is 3. The van der Waals surface area contributed by atoms with Crippen LogP contribution in [0.1, 0.15) is 23.9 Å². The molecule has 2 aromatic rings. The van der Waals surface area contributed by atoms with Crippen LogP contribution in [0.3, 0.4) is 0 Å². The average Bonchev–Trinajstić information content (AvgIpc) is 3.18. The van der Waals surface area contributed by atoms with Gasteiger partial charge < -0.3 is 0 Å². The molecule has 152 valence electrons. The number of allylic oxidation sites excluding steroid dienone is 1. The molecule has 2 amide bonds. The van der Waals surface area contributed by atoms with Crippen molar-refractivity contribution in [3.8, 4) is 0 Å². The number of nitrogens with one attached hydrogen (secondary N) is 1. The molecular formula is C22H23N7O. The molecule has 0 aliphatic carbocycles. The molecule has 3 atom stereocenters. The van der Waals surface area contributed by atoms with E-state index in [9.17, 15) is 4.79 Å². The van der Waals surface area contributed by atoms with E-state index < -0.39 is 0 Å². The van der Waals surface area contributed by atoms with Crippen molar-refractivity contribution in [3.63, 3.8) is 0 Å². The maximum atomic E-state index is 13.2. The van der Waals surface area contributed by atoms with Gasteiger partial charge in [-0.05, 0) is 37.6 Å². The van der Waals surface area contributed by atoms with Crippen molar-refractivity contribution in [1.29, 1.82) is 0 Å². The Labute approximate surface area is 175 Å². The van der Waals surface area contributed by atoms with Gasteiger partial charge in [0.1, 0.15) is 6.17 Å². The summed E-state index contributed by atoms with van der Waals surface area (Å²) >= 11 is 0. The number of amides is 2. The number of hydrogen-bond acceptors (Lipinski definition) is 6. The average molecular weight is 401 g/mol. The van der Waals surface area contributed by atoms with Gasteiger partial charge in [-0.1, -0.05) is 13.0 Å². The molecule has 0 spiro atoms. The summed E-state index contributed by atoms with van der Waals surface area (Å²) in [5.41, 5.74) is 4.65. The minimum absolute atomic E-state index is 0.0403. The Morgan fingerprint density at radius 1 is 1.27 bits per heavy atom. The van der Waals surface area contributed by atoms with Crippen LogP contribution < -0.4 is 5.32 Å². The number of fused-ring (bicyclic) bond motifs is 4. The summed E-state index contributed by atoms with van der Waals surface area (Å²) in [5.74, 6) is 0.440. The molecule has 2 bridgehead atoms. The Balaban J connectivity index is 1.45. The highest BCUT2D eigenvalue weighted by Crippen LogP contribution is 2.33. The fourth-order valence-corrected chi connectivity index (χ4v) is 4.10. The van der Waals surface area contributed by atoms with E-state index in [1.807, 2.05) is 32.1 Å². The maximum Gasteiger partial charge on any atom is 0.329 e. The first-order chi connectivity index (χ1) is 14.6. The second-order valence-corrected chi connectivity index (χ2v) is 7.64. The summed E-state index contributed by atoms with van der Waals surface area (Å²) in [6, 6.07) is 3.76. The highest BCUT2D eigenvalue weighted by Gasteiger charge is 2.44. The van der Waals surface area contributed by atoms with Crippen molar-refractivity contribution in [2.75, 3.05) is 18.4 Å². The van der Waals surface area contributed by atoms with Gasteiger partial charge in [-0.3, -0.25) is 30.1 Å². The van der Waals surface area contributed by atoms with Crippen molar-refractivity contribution in [3.05, 3.63) is 71.6 Å². The van der Waals surface area contributed by atoms with Crippen LogP contribution in [0.2, 0.25) is 0 Å². The van der Waals surface area contributed by atoms with Crippen molar-refractivity contribution in [1.82, 2.24) is 24.8 Å². The lowest BCUT2D eigenvalue weighted by Crippen LogP contribution is -2.57. The second-order valence-electron chi connectivity index (χ2n) is 7.64. The van der Waals surface area contributed by atoms with E-state index in [1.54, 1.807) is 23.5 Å². The quantitative estimate of drug-likeness (QED) is 0.854. The number of nitrogens with zero attached hydrogens (tertiary/aromatic N) is 6. The first-order valence-electron chi connectivity index (χ1n) is 10.2. The Hall–Kier alpha value is -3.39. The molecule has 1 saturated heterocycles. The number of aryl methyl sites for hydroxylation is 2. The Morgan fingerprint density at radius 2 is 2.17 bits per heavy atom. The van der Waals surface area contributed by atoms with E-state index >= 15 is 0 Å². The number of carbonyl (C=O) groups is 1. The molecule has 8 nitrogen and oxygen atoms in total. The zero-order valence-electron chi connectivity index (χ0n) is 17.0. The van der Waals surface area contributed by atoms with Gasteiger partial charge >= 0.3 is 6.03 Å². The highest BCUT2D eigenvalue weighted by molar-refractivity contribution is 6.09. The largest absolute Gasteiger partial charge is 0.329 e. The number of pyridine rings is 1. The third-order valence-corrected chi connectivity index (χ3v) is 5.66. The van der Waals surface area contributed by atoms with Crippen molar-refractivity contribution >= 4 is 17.6 Å². The zero-order chi connectivity index (χ0) is 20.7. The van der Waals surface area contributed by atoms with Gasteiger partial charge in [-0.15, -0.1) is 0 Å². The van der Waals surface area contributed by atoms with E-state index in [-0.39, 0.29) is 18.2 Å². The number of urea groups is 1. The lowest BCUT2D eigenvalue weighted by atomic mass is 10.0. The topological polar surface area (TPSA) is 86.6 Å². The Kier molecular flexibility index (Phi) is 4.63. The Bertz CT molecular complexity index is 1070. The van der Waals surface area contributed by atoms with Crippen LogP contribution in [-0.4, -0.2) is 61.8 Å². The molecule has 8 heteroatoms. The number of aliphatic imine (C=N–C) groups is 1. The van der Waals surface area contributed by atoms with Gasteiger partial charge in [0.25, 0.3) is 0 Å². The van der Waals surface area contributed by atoms with Crippen LogP contribution in [-0.2, 0) is 6.42 Å². The van der Waals surface area contributed by atoms with Crippen LogP contribution in [0.5, 0.6) is 0 Å². The summed E-state index contributed by atoms with van der Waals surface area (Å²) in [5, 5.41) is 2.89. The summed E-state index contributed by atoms with van der Waals surface area (Å²) < 4.78 is 0. The van der Waals surface area contributed by atoms with Gasteiger partial charge in [0.05, 0.1) is 29.8 Å². The third-order valence-electron chi connectivity index (χ3n) is 5.66. The highest BCUT2D eigenvalue weighted by atomic mass is 16.2. The monoisotopic (exact) mass is 401 g/mol. The molecule has 1 N–H and O–H groups in total. The fourth-order valence-electron chi connectivity index (χ4n) is 4.10. The number of hydrogen-bond donors (Lipinski definition) is 1. The molecule has 0 saturated carbocycles. The first-order valence-corrected chi connectivity index (χ1v) is 10.2. The normalized spacial score (nSPS) is 24.2. The molecule has 0 aromatic carbocycles. The summed E-state index contributed by atoms with van der Waals surface area (Å²) in [4.78, 5) is 35.2. The molecule has 30 heavy (non-hydrogen) atoms. The summed E-state index contributed by atoms with van der Waals surface area (Å²) in [6.07, 6.45) is 11.8. The van der Waals surface area contributed by atoms with Crippen LogP contribution in [0, 0.1) is 6.92 Å². The first kappa shape index (κ1) is 18.6. The number of aromatic nitrogens is 3. The van der Waals surface area contributed by atoms with E-state index in [1.165, 1.54) is 0 Å². The van der Waals surface area contributed by atoms with Crippen LogP contribution >= 0.6 is 0 Å². The maximum absolute atomic E-state index is 13.2. The van der Waals surface area contributed by atoms with Gasteiger partial charge in [-0.25, -0.2) is 9.78 Å². The molecule has 5 rings (SSSR count). The van der Waals surface area contributed by atoms with Crippen molar-refractivity contribution in [2.24, 2.45) is 4.99 Å². The van der Waals surface area contributed by atoms with Gasteiger partial charge in [0.15, 0.2) is 5.82 Å². The predicted molar refractivity (Wildman–Crippen MR) is 114 cm³/mol. The number of anilines is 1. The van der Waals surface area contributed by atoms with Gasteiger partial charge in [0.2, 0.25) is 0 Å². The standard InChI is InChI=1S/C22H23N7O/c1-3-16-11-25-20(12-24-16)27-22(30)29-17-7-9-28(13-17)19-5-4-18(26-21(19)29)15-6-8-23-14(2)10-15/h4-8,10-12,19,21H,3,9,13H2,1-2H3,(H,25,27,30). The minimum atomic E-state index is -0.330. The molecule has 3 unspecified atom stereocenters. The predicted octanol–water partition coefficient (Wildman–Crippen LogP) is 2.54. The zero-order valence-corrected chi connectivity index (χ0v) is 17.0. The van der Waals surface area contributed by atoms with E-state index in [2.05, 4.69) is 37.3 Å². The van der Waals surface area contributed by atoms with Gasteiger partial charge in [0, 0.05) is 36.2 Å². The second kappa shape index (κ2) is 7.46. The third kappa shape index (κ3) is 3.29. The summed E-state index contributed by atoms with van der Waals surface area (Å²) in [7, 11) is 0. The molecule has 3 aliphatic rings. The molecule has 5 heterocycles. The van der Waals surface area contributed by atoms with Crippen molar-refractivity contribution in [2.45, 2.75) is 32.5 Å². The molecule has 2 aromatic heterocycles. The lowest BCUT2D eigenvalue weighted by molar-refractivity contribution is 0.126. The van der Waals surface area contributed by atoms with Crippen LogP contribution in [0.4, 0.5) is 10.6 Å². The Morgan fingerprint density at radius 3 is 2.93 bits per heavy atom. The van der Waals surface area contributed by atoms with Crippen LogP contribution in [0.15, 0.2) is 59.6 Å². The van der Waals surface area contributed by atoms with Crippen LogP contribution in [0.25, 0.3) is 0 Å². The molecular weight excluding hydrogens is 378 g/mol. The number of carbonyl (C=O) groups excluding carboxylic acids is 1. The fraction of sp³-hybridized carbons (Fsp3) is 0.318. The van der Waals surface area contributed by atoms with E-state index in [4.69, 9.17) is 4.99 Å². The van der Waals surface area contributed by atoms with E-state index in [0.29, 0.717) is 5.82 Å². The number of piperazine rings is 1. The minimum Gasteiger partial charge on any atom is -0.291 e. The lowest BCUT2D eigenvalue weighted by Gasteiger charge is -2.43. The van der Waals surface area contributed by atoms with E-state index in [0.717, 1.165) is 47.9 Å². The van der Waals surface area contributed by atoms with Crippen molar-refractivity contribution < 1.29 is 4.79 Å². The SMILES string of the molecule is CCc1cnc(NC(=O)N2C3=CCN(C3)C3C=CC(c4ccnc(C)c4)=NC32)cn1. The van der Waals surface area contributed by atoms with Gasteiger partial charge in [-0.2, -0.15) is 0 Å². The number of dihydropyridines is 1.